The number of benzene rings is 1. The standard InChI is InChI=1S/C16H19IN2O4/c1-11-16(17(22-13(3)20)23-14(4)21)12(2)19(18-11)10-15-8-6-5-7-9-15/h5-9H,10H2,1-4H3. The summed E-state index contributed by atoms with van der Waals surface area (Å²) in [4.78, 5) is 22.7. The van der Waals surface area contributed by atoms with E-state index in [0.29, 0.717) is 6.54 Å². The zero-order chi connectivity index (χ0) is 17.0. The van der Waals surface area contributed by atoms with Gasteiger partial charge in [-0.15, -0.1) is 0 Å². The molecule has 6 nitrogen and oxygen atoms in total. The number of hydrogen-bond donors (Lipinski definition) is 0. The average molecular weight is 430 g/mol. The summed E-state index contributed by atoms with van der Waals surface area (Å²) in [6.07, 6.45) is 0. The number of nitrogens with zero attached hydrogens (tertiary/aromatic N) is 2. The third-order valence-electron chi connectivity index (χ3n) is 2.98. The molecule has 0 saturated carbocycles. The molecule has 0 unspecified atom stereocenters. The number of aromatic nitrogens is 2. The Kier molecular flexibility index (Phi) is 5.75. The first-order chi connectivity index (χ1) is 10.9. The molecule has 0 spiro atoms. The molecule has 0 amide bonds. The van der Waals surface area contributed by atoms with Gasteiger partial charge >= 0.3 is 143 Å². The number of halogens is 1. The molecule has 1 aromatic carbocycles. The van der Waals surface area contributed by atoms with Crippen LogP contribution >= 0.6 is 20.6 Å². The van der Waals surface area contributed by atoms with Gasteiger partial charge in [-0.25, -0.2) is 0 Å². The van der Waals surface area contributed by atoms with E-state index in [1.54, 1.807) is 0 Å². The SMILES string of the molecule is CC(=O)OI(OC(C)=O)c1c(C)nn(Cc2ccccc2)c1C. The Balaban J connectivity index is 2.34. The summed E-state index contributed by atoms with van der Waals surface area (Å²) in [5.74, 6) is -0.905. The second-order valence-electron chi connectivity index (χ2n) is 4.98. The molecule has 0 bridgehead atoms. The van der Waals surface area contributed by atoms with E-state index in [9.17, 15) is 9.59 Å². The molecule has 23 heavy (non-hydrogen) atoms. The summed E-state index contributed by atoms with van der Waals surface area (Å²) >= 11 is -2.86. The molecule has 7 heteroatoms. The Hall–Kier alpha value is -1.90. The molecule has 0 saturated heterocycles. The van der Waals surface area contributed by atoms with Gasteiger partial charge in [0.15, 0.2) is 0 Å². The molecule has 0 atom stereocenters. The van der Waals surface area contributed by atoms with Crippen LogP contribution in [-0.4, -0.2) is 21.7 Å². The van der Waals surface area contributed by atoms with E-state index < -0.39 is 32.6 Å². The Morgan fingerprint density at radius 1 is 1.09 bits per heavy atom. The van der Waals surface area contributed by atoms with Gasteiger partial charge in [-0.3, -0.25) is 0 Å². The molecule has 0 fully saturated rings. The van der Waals surface area contributed by atoms with Crippen molar-refractivity contribution in [2.45, 2.75) is 34.2 Å². The molecule has 1 heterocycles. The van der Waals surface area contributed by atoms with Crippen molar-refractivity contribution in [1.82, 2.24) is 9.78 Å². The number of carbonyl (C=O) groups excluding carboxylic acids is 2. The van der Waals surface area contributed by atoms with E-state index in [4.69, 9.17) is 6.13 Å². The fourth-order valence-electron chi connectivity index (χ4n) is 2.10. The van der Waals surface area contributed by atoms with Crippen LogP contribution < -0.4 is 0 Å². The van der Waals surface area contributed by atoms with Gasteiger partial charge in [0, 0.05) is 0 Å². The number of aryl methyl sites for hydroxylation is 1. The minimum atomic E-state index is -2.86. The average Bonchev–Trinajstić information content (AvgIpc) is 2.73. The molecule has 124 valence electrons. The fraction of sp³-hybridized carbons (Fsp3) is 0.312. The van der Waals surface area contributed by atoms with Gasteiger partial charge in [-0.05, 0) is 0 Å². The van der Waals surface area contributed by atoms with Crippen molar-refractivity contribution in [3.05, 3.63) is 50.9 Å². The normalized spacial score (nSPS) is 11.0. The van der Waals surface area contributed by atoms with E-state index >= 15 is 0 Å². The molecule has 1 aromatic heterocycles. The predicted molar refractivity (Wildman–Crippen MR) is 93.5 cm³/mol. The topological polar surface area (TPSA) is 70.4 Å². The zero-order valence-corrected chi connectivity index (χ0v) is 15.7. The Labute approximate surface area is 143 Å². The Bertz CT molecular complexity index is 696. The van der Waals surface area contributed by atoms with Crippen LogP contribution in [0.2, 0.25) is 0 Å². The number of rotatable bonds is 5. The van der Waals surface area contributed by atoms with Crippen molar-refractivity contribution in [3.63, 3.8) is 0 Å². The molecule has 0 radical (unpaired) electrons. The second-order valence-corrected chi connectivity index (χ2v) is 8.18. The minimum absolute atomic E-state index is 0.453. The van der Waals surface area contributed by atoms with E-state index in [2.05, 4.69) is 5.10 Å². The second kappa shape index (κ2) is 7.58. The van der Waals surface area contributed by atoms with E-state index in [-0.39, 0.29) is 0 Å². The fourth-order valence-corrected chi connectivity index (χ4v) is 5.42. The van der Waals surface area contributed by atoms with Gasteiger partial charge in [0.2, 0.25) is 0 Å². The van der Waals surface area contributed by atoms with Crippen molar-refractivity contribution in [2.24, 2.45) is 0 Å². The van der Waals surface area contributed by atoms with E-state index in [1.165, 1.54) is 13.8 Å². The first kappa shape index (κ1) is 17.5. The van der Waals surface area contributed by atoms with Gasteiger partial charge in [0.25, 0.3) is 0 Å². The van der Waals surface area contributed by atoms with Gasteiger partial charge in [0.05, 0.1) is 0 Å². The van der Waals surface area contributed by atoms with Crippen molar-refractivity contribution >= 4 is 32.6 Å². The van der Waals surface area contributed by atoms with Crippen LogP contribution in [0.4, 0.5) is 0 Å². The summed E-state index contributed by atoms with van der Waals surface area (Å²) in [6, 6.07) is 9.94. The van der Waals surface area contributed by atoms with Gasteiger partial charge in [0.1, 0.15) is 0 Å². The molecule has 0 aliphatic rings. The van der Waals surface area contributed by atoms with Gasteiger partial charge in [-0.1, -0.05) is 0 Å². The molecular weight excluding hydrogens is 411 g/mol. The van der Waals surface area contributed by atoms with Crippen LogP contribution in [0.3, 0.4) is 0 Å². The van der Waals surface area contributed by atoms with Crippen LogP contribution in [0.5, 0.6) is 0 Å². The maximum atomic E-state index is 11.3. The van der Waals surface area contributed by atoms with Crippen molar-refractivity contribution < 1.29 is 15.7 Å². The molecular formula is C16H19IN2O4. The summed E-state index contributed by atoms with van der Waals surface area (Å²) in [5, 5.41) is 4.51. The van der Waals surface area contributed by atoms with Crippen LogP contribution in [0.15, 0.2) is 30.3 Å². The van der Waals surface area contributed by atoms with Gasteiger partial charge < -0.3 is 0 Å². The van der Waals surface area contributed by atoms with Crippen LogP contribution in [0.25, 0.3) is 0 Å². The Morgan fingerprint density at radius 3 is 2.17 bits per heavy atom. The van der Waals surface area contributed by atoms with Crippen LogP contribution in [-0.2, 0) is 22.3 Å². The Morgan fingerprint density at radius 2 is 1.65 bits per heavy atom. The predicted octanol–water partition coefficient (Wildman–Crippen LogP) is 3.18. The molecule has 2 rings (SSSR count). The zero-order valence-electron chi connectivity index (χ0n) is 13.5. The summed E-state index contributed by atoms with van der Waals surface area (Å²) in [6.45, 7) is 6.97. The third kappa shape index (κ3) is 4.54. The monoisotopic (exact) mass is 430 g/mol. The van der Waals surface area contributed by atoms with E-state index in [0.717, 1.165) is 20.5 Å². The summed E-state index contributed by atoms with van der Waals surface area (Å²) in [5.41, 5.74) is 2.70. The van der Waals surface area contributed by atoms with Crippen molar-refractivity contribution in [2.75, 3.05) is 0 Å². The third-order valence-corrected chi connectivity index (χ3v) is 7.46. The van der Waals surface area contributed by atoms with Crippen LogP contribution in [0, 0.1) is 17.4 Å². The van der Waals surface area contributed by atoms with Crippen LogP contribution in [0.1, 0.15) is 30.8 Å². The summed E-state index contributed by atoms with van der Waals surface area (Å²) in [7, 11) is 0. The number of hydrogen-bond acceptors (Lipinski definition) is 5. The molecule has 0 N–H and O–H groups in total. The van der Waals surface area contributed by atoms with Crippen molar-refractivity contribution in [3.8, 4) is 0 Å². The first-order valence-electron chi connectivity index (χ1n) is 7.04. The molecule has 0 aliphatic carbocycles. The van der Waals surface area contributed by atoms with E-state index in [1.807, 2.05) is 48.9 Å². The number of carbonyl (C=O) groups is 2. The van der Waals surface area contributed by atoms with Crippen molar-refractivity contribution in [1.29, 1.82) is 0 Å². The molecule has 2 aromatic rings. The first-order valence-corrected chi connectivity index (χ1v) is 9.88. The molecule has 0 aliphatic heterocycles. The quantitative estimate of drug-likeness (QED) is 0.682. The van der Waals surface area contributed by atoms with Gasteiger partial charge in [-0.2, -0.15) is 0 Å². The maximum absolute atomic E-state index is 11.3. The summed E-state index contributed by atoms with van der Waals surface area (Å²) < 4.78 is 13.2.